The average Bonchev–Trinajstić information content (AvgIpc) is 2.57. The van der Waals surface area contributed by atoms with Gasteiger partial charge in [0.15, 0.2) is 5.89 Å². The van der Waals surface area contributed by atoms with Gasteiger partial charge in [-0.1, -0.05) is 17.7 Å². The molecule has 2 rings (SSSR count). The maximum atomic E-state index is 9.38. The first-order valence-corrected chi connectivity index (χ1v) is 4.45. The maximum Gasteiger partial charge on any atom is 0.191 e. The van der Waals surface area contributed by atoms with Crippen molar-refractivity contribution in [2.75, 3.05) is 0 Å². The Balaban J connectivity index is 2.47. The summed E-state index contributed by atoms with van der Waals surface area (Å²) in [5.74, 6) is 0.638. The van der Waals surface area contributed by atoms with Gasteiger partial charge in [0.05, 0.1) is 5.02 Å². The molecule has 0 atom stereocenters. The van der Waals surface area contributed by atoms with Crippen molar-refractivity contribution in [1.82, 2.24) is 4.98 Å². The van der Waals surface area contributed by atoms with E-state index in [4.69, 9.17) is 16.0 Å². The number of aromatic nitrogens is 1. The van der Waals surface area contributed by atoms with E-state index in [1.807, 2.05) is 0 Å². The molecular weight excluding hydrogens is 202 g/mol. The molecule has 1 heterocycles. The molecular formula is C10H8ClNO2. The normalized spacial score (nSPS) is 10.4. The van der Waals surface area contributed by atoms with Gasteiger partial charge in [-0.3, -0.25) is 0 Å². The Kier molecular flexibility index (Phi) is 2.17. The molecule has 1 aromatic heterocycles. The van der Waals surface area contributed by atoms with Crippen LogP contribution in [-0.2, 0) is 0 Å². The minimum atomic E-state index is 0.0461. The summed E-state index contributed by atoms with van der Waals surface area (Å²) in [5.41, 5.74) is 1.47. The van der Waals surface area contributed by atoms with Gasteiger partial charge in [0.25, 0.3) is 0 Å². The Morgan fingerprint density at radius 1 is 1.43 bits per heavy atom. The molecule has 4 heteroatoms. The SMILES string of the molecule is Cc1nc(-c2ccc(Cl)c(O)c2)co1. The highest BCUT2D eigenvalue weighted by Gasteiger charge is 2.05. The predicted octanol–water partition coefficient (Wildman–Crippen LogP) is 3.01. The number of benzene rings is 1. The van der Waals surface area contributed by atoms with Crippen LogP contribution in [0.15, 0.2) is 28.9 Å². The molecule has 14 heavy (non-hydrogen) atoms. The molecule has 0 aliphatic rings. The fraction of sp³-hybridized carbons (Fsp3) is 0.100. The molecule has 1 N–H and O–H groups in total. The van der Waals surface area contributed by atoms with Gasteiger partial charge < -0.3 is 9.52 Å². The highest BCUT2D eigenvalue weighted by atomic mass is 35.5. The summed E-state index contributed by atoms with van der Waals surface area (Å²) >= 11 is 5.68. The minimum absolute atomic E-state index is 0.0461. The predicted molar refractivity (Wildman–Crippen MR) is 53.4 cm³/mol. The van der Waals surface area contributed by atoms with E-state index in [2.05, 4.69) is 4.98 Å². The standard InChI is InChI=1S/C10H8ClNO2/c1-6-12-9(5-14-6)7-2-3-8(11)10(13)4-7/h2-5,13H,1H3. The van der Waals surface area contributed by atoms with Crippen molar-refractivity contribution in [3.05, 3.63) is 35.4 Å². The van der Waals surface area contributed by atoms with Gasteiger partial charge in [-0.15, -0.1) is 0 Å². The zero-order valence-corrected chi connectivity index (χ0v) is 8.25. The summed E-state index contributed by atoms with van der Waals surface area (Å²) in [6.07, 6.45) is 1.54. The lowest BCUT2D eigenvalue weighted by molar-refractivity contribution is 0.476. The first-order chi connectivity index (χ1) is 6.66. The van der Waals surface area contributed by atoms with Crippen LogP contribution in [0, 0.1) is 6.92 Å². The van der Waals surface area contributed by atoms with E-state index in [-0.39, 0.29) is 5.75 Å². The highest BCUT2D eigenvalue weighted by molar-refractivity contribution is 6.32. The number of aromatic hydroxyl groups is 1. The van der Waals surface area contributed by atoms with Crippen LogP contribution in [0.25, 0.3) is 11.3 Å². The third kappa shape index (κ3) is 1.59. The molecule has 1 aromatic carbocycles. The highest BCUT2D eigenvalue weighted by Crippen LogP contribution is 2.28. The molecule has 0 fully saturated rings. The molecule has 0 bridgehead atoms. The Bertz CT molecular complexity index is 465. The monoisotopic (exact) mass is 209 g/mol. The number of aryl methyl sites for hydroxylation is 1. The van der Waals surface area contributed by atoms with Crippen LogP contribution in [0.2, 0.25) is 5.02 Å². The second-order valence-corrected chi connectivity index (χ2v) is 3.33. The van der Waals surface area contributed by atoms with Gasteiger partial charge >= 0.3 is 0 Å². The summed E-state index contributed by atoms with van der Waals surface area (Å²) in [7, 11) is 0. The summed E-state index contributed by atoms with van der Waals surface area (Å²) < 4.78 is 5.06. The second-order valence-electron chi connectivity index (χ2n) is 2.92. The van der Waals surface area contributed by atoms with Gasteiger partial charge in [-0.05, 0) is 12.1 Å². The molecule has 0 aliphatic heterocycles. The van der Waals surface area contributed by atoms with E-state index in [1.54, 1.807) is 25.1 Å². The molecule has 0 spiro atoms. The number of phenols is 1. The van der Waals surface area contributed by atoms with Crippen molar-refractivity contribution in [3.8, 4) is 17.0 Å². The van der Waals surface area contributed by atoms with Crippen LogP contribution in [0.5, 0.6) is 5.75 Å². The number of phenolic OH excluding ortho intramolecular Hbond substituents is 1. The van der Waals surface area contributed by atoms with Crippen molar-refractivity contribution in [2.45, 2.75) is 6.92 Å². The average molecular weight is 210 g/mol. The Morgan fingerprint density at radius 3 is 2.79 bits per heavy atom. The van der Waals surface area contributed by atoms with Crippen LogP contribution >= 0.6 is 11.6 Å². The summed E-state index contributed by atoms with van der Waals surface area (Å²) in [6, 6.07) is 4.95. The first-order valence-electron chi connectivity index (χ1n) is 4.08. The summed E-state index contributed by atoms with van der Waals surface area (Å²) in [5, 5.41) is 9.71. The maximum absolute atomic E-state index is 9.38. The van der Waals surface area contributed by atoms with E-state index >= 15 is 0 Å². The molecule has 0 amide bonds. The van der Waals surface area contributed by atoms with Crippen LogP contribution in [0.1, 0.15) is 5.89 Å². The fourth-order valence-electron chi connectivity index (χ4n) is 1.17. The van der Waals surface area contributed by atoms with Gasteiger partial charge in [0, 0.05) is 12.5 Å². The number of hydrogen-bond acceptors (Lipinski definition) is 3. The summed E-state index contributed by atoms with van der Waals surface area (Å²) in [4.78, 5) is 4.13. The zero-order valence-electron chi connectivity index (χ0n) is 7.49. The van der Waals surface area contributed by atoms with Gasteiger partial charge in [0.2, 0.25) is 0 Å². The molecule has 0 radical (unpaired) electrons. The van der Waals surface area contributed by atoms with E-state index in [0.717, 1.165) is 5.56 Å². The Hall–Kier alpha value is -1.48. The first kappa shape index (κ1) is 9.09. The van der Waals surface area contributed by atoms with Gasteiger partial charge in [-0.2, -0.15) is 0 Å². The fourth-order valence-corrected chi connectivity index (χ4v) is 1.29. The lowest BCUT2D eigenvalue weighted by atomic mass is 10.1. The summed E-state index contributed by atoms with van der Waals surface area (Å²) in [6.45, 7) is 1.76. The van der Waals surface area contributed by atoms with E-state index in [9.17, 15) is 5.11 Å². The van der Waals surface area contributed by atoms with Crippen LogP contribution in [0.3, 0.4) is 0 Å². The molecule has 2 aromatic rings. The lowest BCUT2D eigenvalue weighted by Crippen LogP contribution is -1.78. The van der Waals surface area contributed by atoms with Crippen LogP contribution in [0.4, 0.5) is 0 Å². The molecule has 0 aliphatic carbocycles. The zero-order chi connectivity index (χ0) is 10.1. The Labute approximate surface area is 86.0 Å². The number of halogens is 1. The number of nitrogens with zero attached hydrogens (tertiary/aromatic N) is 1. The van der Waals surface area contributed by atoms with Gasteiger partial charge in [-0.25, -0.2) is 4.98 Å². The third-order valence-corrected chi connectivity index (χ3v) is 2.18. The van der Waals surface area contributed by atoms with E-state index < -0.39 is 0 Å². The van der Waals surface area contributed by atoms with Crippen LogP contribution in [-0.4, -0.2) is 10.1 Å². The number of hydrogen-bond donors (Lipinski definition) is 1. The van der Waals surface area contributed by atoms with Crippen molar-refractivity contribution in [2.24, 2.45) is 0 Å². The number of oxazole rings is 1. The number of rotatable bonds is 1. The minimum Gasteiger partial charge on any atom is -0.506 e. The van der Waals surface area contributed by atoms with Crippen molar-refractivity contribution in [1.29, 1.82) is 0 Å². The van der Waals surface area contributed by atoms with E-state index in [1.165, 1.54) is 6.26 Å². The van der Waals surface area contributed by atoms with Gasteiger partial charge in [0.1, 0.15) is 17.7 Å². The third-order valence-electron chi connectivity index (χ3n) is 1.86. The Morgan fingerprint density at radius 2 is 2.21 bits per heavy atom. The second kappa shape index (κ2) is 3.35. The molecule has 0 unspecified atom stereocenters. The largest absolute Gasteiger partial charge is 0.506 e. The van der Waals surface area contributed by atoms with Crippen molar-refractivity contribution in [3.63, 3.8) is 0 Å². The van der Waals surface area contributed by atoms with E-state index in [0.29, 0.717) is 16.6 Å². The molecule has 3 nitrogen and oxygen atoms in total. The molecule has 0 saturated heterocycles. The topological polar surface area (TPSA) is 46.3 Å². The smallest absolute Gasteiger partial charge is 0.191 e. The molecule has 72 valence electrons. The van der Waals surface area contributed by atoms with Crippen molar-refractivity contribution < 1.29 is 9.52 Å². The van der Waals surface area contributed by atoms with Crippen LogP contribution < -0.4 is 0 Å². The molecule has 0 saturated carbocycles. The quantitative estimate of drug-likeness (QED) is 0.785. The lowest BCUT2D eigenvalue weighted by Gasteiger charge is -1.98. The van der Waals surface area contributed by atoms with Crippen molar-refractivity contribution >= 4 is 11.6 Å².